The number of fused-ring (bicyclic) bond motifs is 1. The molecule has 7 nitrogen and oxygen atoms in total. The molecule has 0 saturated heterocycles. The Morgan fingerprint density at radius 3 is 2.86 bits per heavy atom. The van der Waals surface area contributed by atoms with Gasteiger partial charge in [-0.1, -0.05) is 6.07 Å². The lowest BCUT2D eigenvalue weighted by Crippen LogP contribution is -2.41. The molecule has 0 unspecified atom stereocenters. The van der Waals surface area contributed by atoms with Gasteiger partial charge in [0.15, 0.2) is 11.5 Å². The normalized spacial score (nSPS) is 14.3. The molecule has 0 aromatic heterocycles. The monoisotopic (exact) mass is 295 g/mol. The zero-order valence-electron chi connectivity index (χ0n) is 11.6. The van der Waals surface area contributed by atoms with Gasteiger partial charge in [0.05, 0.1) is 5.56 Å². The molecule has 21 heavy (non-hydrogen) atoms. The molecule has 7 heteroatoms. The Kier molecular flexibility index (Phi) is 4.99. The lowest BCUT2D eigenvalue weighted by molar-refractivity contribution is -0.139. The number of para-hydroxylation sites is 1. The molecule has 1 aliphatic heterocycles. The number of carboxylic acid groups (broad SMARTS) is 1. The second-order valence-electron chi connectivity index (χ2n) is 4.48. The highest BCUT2D eigenvalue weighted by Gasteiger charge is 2.25. The molecular weight excluding hydrogens is 278 g/mol. The lowest BCUT2D eigenvalue weighted by Gasteiger charge is -2.21. The number of carboxylic acids is 1. The Hall–Kier alpha value is -2.28. The number of carbonyl (C=O) groups is 2. The van der Waals surface area contributed by atoms with E-state index in [0.717, 1.165) is 0 Å². The third kappa shape index (κ3) is 3.63. The first kappa shape index (κ1) is 15.1. The number of amides is 1. The van der Waals surface area contributed by atoms with Gasteiger partial charge in [-0.2, -0.15) is 0 Å². The summed E-state index contributed by atoms with van der Waals surface area (Å²) in [7, 11) is 1.47. The molecule has 0 spiro atoms. The number of carbonyl (C=O) groups excluding carboxylic acids is 1. The van der Waals surface area contributed by atoms with E-state index in [1.54, 1.807) is 18.2 Å². The Morgan fingerprint density at radius 2 is 2.14 bits per heavy atom. The maximum Gasteiger partial charge on any atom is 0.326 e. The molecule has 0 radical (unpaired) electrons. The van der Waals surface area contributed by atoms with Gasteiger partial charge in [0.25, 0.3) is 5.91 Å². The van der Waals surface area contributed by atoms with E-state index >= 15 is 0 Å². The summed E-state index contributed by atoms with van der Waals surface area (Å²) in [6, 6.07) is 3.91. The van der Waals surface area contributed by atoms with E-state index in [9.17, 15) is 9.59 Å². The van der Waals surface area contributed by atoms with Gasteiger partial charge in [-0.25, -0.2) is 4.79 Å². The second kappa shape index (κ2) is 6.94. The third-order valence-corrected chi connectivity index (χ3v) is 3.02. The van der Waals surface area contributed by atoms with Crippen molar-refractivity contribution in [2.45, 2.75) is 12.5 Å². The molecule has 0 saturated carbocycles. The van der Waals surface area contributed by atoms with Crippen LogP contribution in [0.25, 0.3) is 0 Å². The Balaban J connectivity index is 2.14. The lowest BCUT2D eigenvalue weighted by atomic mass is 10.1. The molecule has 2 rings (SSSR count). The molecule has 114 valence electrons. The van der Waals surface area contributed by atoms with Crippen LogP contribution >= 0.6 is 0 Å². The van der Waals surface area contributed by atoms with Crippen LogP contribution in [0.2, 0.25) is 0 Å². The van der Waals surface area contributed by atoms with E-state index in [-0.39, 0.29) is 18.6 Å². The topological polar surface area (TPSA) is 94.1 Å². The van der Waals surface area contributed by atoms with Crippen LogP contribution in [0.15, 0.2) is 18.2 Å². The fraction of sp³-hybridized carbons (Fsp3) is 0.429. The van der Waals surface area contributed by atoms with Crippen molar-refractivity contribution >= 4 is 11.9 Å². The summed E-state index contributed by atoms with van der Waals surface area (Å²) in [5.74, 6) is -0.794. The summed E-state index contributed by atoms with van der Waals surface area (Å²) in [6.07, 6.45) is 0.184. The van der Waals surface area contributed by atoms with Crippen LogP contribution in [0.3, 0.4) is 0 Å². The number of benzene rings is 1. The summed E-state index contributed by atoms with van der Waals surface area (Å²) in [5, 5.41) is 11.6. The number of hydrogen-bond acceptors (Lipinski definition) is 5. The molecule has 1 aromatic carbocycles. The van der Waals surface area contributed by atoms with Crippen molar-refractivity contribution in [3.63, 3.8) is 0 Å². The Labute approximate surface area is 121 Å². The maximum absolute atomic E-state index is 12.2. The highest BCUT2D eigenvalue weighted by molar-refractivity contribution is 5.99. The first-order valence-corrected chi connectivity index (χ1v) is 6.54. The summed E-state index contributed by atoms with van der Waals surface area (Å²) < 4.78 is 15.7. The summed E-state index contributed by atoms with van der Waals surface area (Å²) in [6.45, 7) is 1.01. The standard InChI is InChI=1S/C14H17NO6/c1-19-6-5-10(14(17)18)15-13(16)9-3-2-4-11-12(9)21-8-7-20-11/h2-4,10H,5-8H2,1H3,(H,15,16)(H,17,18)/t10-/m0/s1. The Morgan fingerprint density at radius 1 is 1.38 bits per heavy atom. The molecule has 1 heterocycles. The van der Waals surface area contributed by atoms with Gasteiger partial charge in [0.2, 0.25) is 0 Å². The summed E-state index contributed by atoms with van der Waals surface area (Å²) in [4.78, 5) is 23.4. The van der Waals surface area contributed by atoms with Crippen LogP contribution in [0.4, 0.5) is 0 Å². The van der Waals surface area contributed by atoms with Crippen molar-refractivity contribution in [3.8, 4) is 11.5 Å². The molecule has 1 aromatic rings. The van der Waals surface area contributed by atoms with Crippen LogP contribution in [0, 0.1) is 0 Å². The third-order valence-electron chi connectivity index (χ3n) is 3.02. The predicted molar refractivity (Wildman–Crippen MR) is 72.8 cm³/mol. The summed E-state index contributed by atoms with van der Waals surface area (Å²) >= 11 is 0. The van der Waals surface area contributed by atoms with E-state index in [2.05, 4.69) is 5.32 Å². The second-order valence-corrected chi connectivity index (χ2v) is 4.48. The van der Waals surface area contributed by atoms with E-state index < -0.39 is 17.9 Å². The van der Waals surface area contributed by atoms with Crippen molar-refractivity contribution in [1.29, 1.82) is 0 Å². The van der Waals surface area contributed by atoms with Crippen LogP contribution in [0.5, 0.6) is 11.5 Å². The number of hydrogen-bond donors (Lipinski definition) is 2. The molecule has 1 amide bonds. The van der Waals surface area contributed by atoms with Gasteiger partial charge in [0.1, 0.15) is 19.3 Å². The highest BCUT2D eigenvalue weighted by atomic mass is 16.6. The highest BCUT2D eigenvalue weighted by Crippen LogP contribution is 2.33. The molecule has 1 aliphatic rings. The first-order chi connectivity index (χ1) is 10.1. The fourth-order valence-electron chi connectivity index (χ4n) is 1.98. The average Bonchev–Trinajstić information content (AvgIpc) is 2.50. The van der Waals surface area contributed by atoms with Crippen molar-refractivity contribution in [2.24, 2.45) is 0 Å². The van der Waals surface area contributed by atoms with Crippen LogP contribution in [0.1, 0.15) is 16.8 Å². The number of nitrogens with one attached hydrogen (secondary N) is 1. The molecule has 2 N–H and O–H groups in total. The van der Waals surface area contributed by atoms with Crippen molar-refractivity contribution in [1.82, 2.24) is 5.32 Å². The van der Waals surface area contributed by atoms with Gasteiger partial charge in [0, 0.05) is 20.1 Å². The largest absolute Gasteiger partial charge is 0.486 e. The molecule has 0 aliphatic carbocycles. The molecule has 1 atom stereocenters. The van der Waals surface area contributed by atoms with Gasteiger partial charge in [-0.15, -0.1) is 0 Å². The van der Waals surface area contributed by atoms with Crippen molar-refractivity contribution < 1.29 is 28.9 Å². The van der Waals surface area contributed by atoms with Crippen LogP contribution in [-0.2, 0) is 9.53 Å². The zero-order valence-corrected chi connectivity index (χ0v) is 11.6. The predicted octanol–water partition coefficient (Wildman–Crippen LogP) is 0.677. The number of methoxy groups -OCH3 is 1. The van der Waals surface area contributed by atoms with Crippen LogP contribution in [-0.4, -0.2) is 50.0 Å². The fourth-order valence-corrected chi connectivity index (χ4v) is 1.98. The molecule has 0 fully saturated rings. The maximum atomic E-state index is 12.2. The van der Waals surface area contributed by atoms with Crippen molar-refractivity contribution in [3.05, 3.63) is 23.8 Å². The van der Waals surface area contributed by atoms with E-state index in [1.807, 2.05) is 0 Å². The first-order valence-electron chi connectivity index (χ1n) is 6.54. The van der Waals surface area contributed by atoms with E-state index in [4.69, 9.17) is 19.3 Å². The van der Waals surface area contributed by atoms with Gasteiger partial charge in [-0.05, 0) is 12.1 Å². The SMILES string of the molecule is COCC[C@H](NC(=O)c1cccc2c1OCCO2)C(=O)O. The minimum Gasteiger partial charge on any atom is -0.486 e. The Bertz CT molecular complexity index is 530. The number of aliphatic carboxylic acids is 1. The van der Waals surface area contributed by atoms with E-state index in [1.165, 1.54) is 7.11 Å². The number of ether oxygens (including phenoxy) is 3. The van der Waals surface area contributed by atoms with E-state index in [0.29, 0.717) is 24.7 Å². The quantitative estimate of drug-likeness (QED) is 0.801. The molecular formula is C14H17NO6. The van der Waals surface area contributed by atoms with Gasteiger partial charge in [-0.3, -0.25) is 4.79 Å². The molecule has 0 bridgehead atoms. The minimum absolute atomic E-state index is 0.184. The van der Waals surface area contributed by atoms with Gasteiger partial charge >= 0.3 is 5.97 Å². The van der Waals surface area contributed by atoms with Gasteiger partial charge < -0.3 is 24.6 Å². The number of rotatable bonds is 6. The smallest absolute Gasteiger partial charge is 0.326 e. The summed E-state index contributed by atoms with van der Waals surface area (Å²) in [5.41, 5.74) is 0.260. The average molecular weight is 295 g/mol. The minimum atomic E-state index is -1.11. The van der Waals surface area contributed by atoms with Crippen LogP contribution < -0.4 is 14.8 Å². The van der Waals surface area contributed by atoms with Crippen molar-refractivity contribution in [2.75, 3.05) is 26.9 Å². The zero-order chi connectivity index (χ0) is 15.2.